The molecule has 26 valence electrons. The van der Waals surface area contributed by atoms with E-state index in [0.29, 0.717) is 0 Å². The standard InChI is InChI=1S/ClHO2.S/c2-1-3;/h2H;. The van der Waals surface area contributed by atoms with E-state index < -0.39 is 0 Å². The van der Waals surface area contributed by atoms with Gasteiger partial charge >= 0.3 is 11.3 Å². The molecule has 0 aliphatic rings. The first-order chi connectivity index (χ1) is 1.41. The monoisotopic (exact) mass is 99.9 g/mol. The summed E-state index contributed by atoms with van der Waals surface area (Å²) in [5.74, 6) is 0. The maximum absolute atomic E-state index is 8.35. The van der Waals surface area contributed by atoms with Crippen LogP contribution in [0.25, 0.3) is 0 Å². The highest BCUT2D eigenvalue weighted by Gasteiger charge is 1.47. The molecule has 0 amide bonds. The number of hydrogen-bond donors (Lipinski definition) is 1. The molecule has 4 heavy (non-hydrogen) atoms. The van der Waals surface area contributed by atoms with E-state index in [1.807, 2.05) is 0 Å². The number of hydrogen-bond acceptors (Lipinski definition) is 2. The fourth-order valence-electron chi connectivity index (χ4n) is 0. The van der Waals surface area contributed by atoms with Crippen LogP contribution < -0.4 is 4.66 Å². The Hall–Kier alpha value is 0.560. The minimum atomic E-state index is -0.167. The molecule has 0 saturated carbocycles. The van der Waals surface area contributed by atoms with Crippen LogP contribution in [0.3, 0.4) is 0 Å². The van der Waals surface area contributed by atoms with Crippen molar-refractivity contribution in [2.24, 2.45) is 0 Å². The Labute approximate surface area is 35.0 Å². The predicted molar refractivity (Wildman–Crippen MR) is 9.81 cm³/mol. The van der Waals surface area contributed by atoms with Gasteiger partial charge in [0.15, 0.2) is 0 Å². The highest BCUT2D eigenvalue weighted by molar-refractivity contribution is 7.59. The molecule has 0 fully saturated rings. The van der Waals surface area contributed by atoms with Gasteiger partial charge in [-0.15, -0.1) is 4.66 Å². The lowest BCUT2D eigenvalue weighted by molar-refractivity contribution is -1.27. The highest BCUT2D eigenvalue weighted by Crippen LogP contribution is 1.13. The first kappa shape index (κ1) is 8.82. The molecule has 2 radical (unpaired) electrons. The number of rotatable bonds is 0. The molecule has 0 heterocycles. The topological polar surface area (TPSA) is 43.3 Å². The minimum absolute atomic E-state index is 0. The van der Waals surface area contributed by atoms with Crippen LogP contribution in [0.4, 0.5) is 0 Å². The van der Waals surface area contributed by atoms with E-state index in [2.05, 4.69) is 0 Å². The van der Waals surface area contributed by atoms with Crippen LogP contribution in [0.2, 0.25) is 0 Å². The van der Waals surface area contributed by atoms with Gasteiger partial charge in [-0.2, -0.15) is 0 Å². The molecular formula is HClO2S. The number of halogens is 1. The summed E-state index contributed by atoms with van der Waals surface area (Å²) in [6.45, 7) is 0. The van der Waals surface area contributed by atoms with Gasteiger partial charge in [-0.1, -0.05) is 0 Å². The summed E-state index contributed by atoms with van der Waals surface area (Å²) in [4.78, 5) is 0. The summed E-state index contributed by atoms with van der Waals surface area (Å²) in [6, 6.07) is 0. The van der Waals surface area contributed by atoms with Gasteiger partial charge in [-0.05, 0) is 0 Å². The van der Waals surface area contributed by atoms with Gasteiger partial charge in [0.1, 0.15) is 0 Å². The van der Waals surface area contributed by atoms with Crippen molar-refractivity contribution < 1.29 is 20.6 Å². The van der Waals surface area contributed by atoms with Crippen LogP contribution in [0.1, 0.15) is 0 Å². The van der Waals surface area contributed by atoms with Crippen LogP contribution in [0.15, 0.2) is 0 Å². The summed E-state index contributed by atoms with van der Waals surface area (Å²) in [6.07, 6.45) is 0. The SMILES string of the molecule is [O-][Cl+]O.[S]. The molecule has 0 unspecified atom stereocenters. The van der Waals surface area contributed by atoms with Crippen molar-refractivity contribution in [3.63, 3.8) is 0 Å². The Morgan fingerprint density at radius 3 is 1.75 bits per heavy atom. The molecule has 0 aliphatic heterocycles. The molecule has 0 rings (SSSR count). The van der Waals surface area contributed by atoms with Gasteiger partial charge in [0.05, 0.1) is 0 Å². The summed E-state index contributed by atoms with van der Waals surface area (Å²) in [5.41, 5.74) is 0. The molecule has 0 saturated heterocycles. The molecular weight excluding hydrogens is 99.5 g/mol. The zero-order valence-electron chi connectivity index (χ0n) is 1.64. The smallest absolute Gasteiger partial charge is 0.327 e. The second-order valence-electron chi connectivity index (χ2n) is 0.0690. The first-order valence-corrected chi connectivity index (χ1v) is 0.970. The average molecular weight is 101 g/mol. The van der Waals surface area contributed by atoms with E-state index >= 15 is 0 Å². The van der Waals surface area contributed by atoms with Crippen molar-refractivity contribution in [1.29, 1.82) is 0 Å². The van der Waals surface area contributed by atoms with Gasteiger partial charge in [-0.25, -0.2) is 0 Å². The molecule has 0 spiro atoms. The van der Waals surface area contributed by atoms with Gasteiger partial charge in [-0.3, -0.25) is 0 Å². The van der Waals surface area contributed by atoms with Crippen molar-refractivity contribution in [1.82, 2.24) is 0 Å². The zero-order chi connectivity index (χ0) is 2.71. The second kappa shape index (κ2) is 9.59. The summed E-state index contributed by atoms with van der Waals surface area (Å²) in [7, 11) is 0. The Bertz CT molecular complexity index is 6.00. The van der Waals surface area contributed by atoms with Crippen LogP contribution >= 0.6 is 13.5 Å². The fraction of sp³-hybridized carbons (Fsp3) is 0. The second-order valence-corrected chi connectivity index (χ2v) is 0.207. The van der Waals surface area contributed by atoms with Gasteiger partial charge in [0.2, 0.25) is 0 Å². The largest absolute Gasteiger partial charge is 0.506 e. The molecule has 0 aromatic rings. The fourth-order valence-corrected chi connectivity index (χ4v) is 0. The molecule has 0 aliphatic carbocycles. The molecule has 1 N–H and O–H groups in total. The molecule has 0 bridgehead atoms. The summed E-state index contributed by atoms with van der Waals surface area (Å²) < 4.78 is 15.2. The van der Waals surface area contributed by atoms with Crippen LogP contribution in [-0.2, 0) is 0 Å². The van der Waals surface area contributed by atoms with Crippen molar-refractivity contribution >= 4 is 13.5 Å². The van der Waals surface area contributed by atoms with Crippen LogP contribution in [0.5, 0.6) is 0 Å². The quantitative estimate of drug-likeness (QED) is 0.420. The van der Waals surface area contributed by atoms with Crippen molar-refractivity contribution in [3.05, 3.63) is 0 Å². The Morgan fingerprint density at radius 2 is 1.75 bits per heavy atom. The molecule has 0 aromatic heterocycles. The molecule has 2 nitrogen and oxygen atoms in total. The third-order valence-corrected chi connectivity index (χ3v) is 0. The van der Waals surface area contributed by atoms with E-state index in [1.54, 1.807) is 0 Å². The van der Waals surface area contributed by atoms with E-state index in [9.17, 15) is 0 Å². The lowest BCUT2D eigenvalue weighted by atomic mass is 15.9. The highest BCUT2D eigenvalue weighted by atomic mass is 35.6. The Morgan fingerprint density at radius 1 is 1.75 bits per heavy atom. The zero-order valence-corrected chi connectivity index (χ0v) is 3.21. The molecule has 4 heteroatoms. The third kappa shape index (κ3) is 19.9. The van der Waals surface area contributed by atoms with E-state index in [4.69, 9.17) is 9.32 Å². The van der Waals surface area contributed by atoms with Crippen molar-refractivity contribution in [3.8, 4) is 0 Å². The molecule has 0 atom stereocenters. The normalized spacial score (nSPS) is 4.50. The average Bonchev–Trinajstić information content (AvgIpc) is 0.918. The van der Waals surface area contributed by atoms with Crippen LogP contribution in [0, 0.1) is 11.3 Å². The van der Waals surface area contributed by atoms with Crippen molar-refractivity contribution in [2.45, 2.75) is 0 Å². The maximum Gasteiger partial charge on any atom is 0.327 e. The third-order valence-electron chi connectivity index (χ3n) is 0. The van der Waals surface area contributed by atoms with Gasteiger partial charge in [0, 0.05) is 13.5 Å². The minimum Gasteiger partial charge on any atom is -0.506 e. The van der Waals surface area contributed by atoms with Crippen LogP contribution in [-0.4, -0.2) is 4.66 Å². The van der Waals surface area contributed by atoms with Gasteiger partial charge < -0.3 is 4.66 Å². The van der Waals surface area contributed by atoms with E-state index in [-0.39, 0.29) is 24.8 Å². The molecule has 0 aromatic carbocycles. The van der Waals surface area contributed by atoms with E-state index in [0.717, 1.165) is 0 Å². The lowest BCUT2D eigenvalue weighted by Gasteiger charge is -1.46. The lowest BCUT2D eigenvalue weighted by Crippen LogP contribution is -1.94. The van der Waals surface area contributed by atoms with Gasteiger partial charge in [0.25, 0.3) is 0 Å². The summed E-state index contributed by atoms with van der Waals surface area (Å²) >= 11 is -0.167. The predicted octanol–water partition coefficient (Wildman–Crippen LogP) is -1.10. The van der Waals surface area contributed by atoms with E-state index in [1.165, 1.54) is 0 Å². The maximum atomic E-state index is 8.35. The van der Waals surface area contributed by atoms with Crippen molar-refractivity contribution in [2.75, 3.05) is 0 Å². The Balaban J connectivity index is 0. The first-order valence-electron chi connectivity index (χ1n) is 0.323. The Kier molecular flexibility index (Phi) is 21.1. The summed E-state index contributed by atoms with van der Waals surface area (Å²) in [5, 5.41) is 0.